The van der Waals surface area contributed by atoms with E-state index in [9.17, 15) is 0 Å². The molecule has 4 rings (SSSR count). The van der Waals surface area contributed by atoms with Crippen LogP contribution in [0, 0.1) is 0 Å². The molecule has 0 spiro atoms. The third-order valence-corrected chi connectivity index (χ3v) is 3.85. The van der Waals surface area contributed by atoms with Crippen LogP contribution in [0.15, 0.2) is 90.1 Å². The molecule has 122 valence electrons. The number of para-hydroxylation sites is 1. The van der Waals surface area contributed by atoms with Crippen molar-refractivity contribution in [2.75, 3.05) is 0 Å². The molecule has 0 amide bonds. The molecular weight excluding hydrogens is 312 g/mol. The maximum absolute atomic E-state index is 5.61. The predicted molar refractivity (Wildman–Crippen MR) is 97.1 cm³/mol. The molecule has 0 saturated carbocycles. The van der Waals surface area contributed by atoms with Gasteiger partial charge >= 0.3 is 0 Å². The van der Waals surface area contributed by atoms with Gasteiger partial charge in [-0.05, 0) is 12.1 Å². The lowest BCUT2D eigenvalue weighted by molar-refractivity contribution is 0.0773. The lowest BCUT2D eigenvalue weighted by atomic mass is 10.0. The zero-order chi connectivity index (χ0) is 16.9. The Morgan fingerprint density at radius 3 is 2.08 bits per heavy atom. The minimum absolute atomic E-state index is 0.198. The summed E-state index contributed by atoms with van der Waals surface area (Å²) in [5.74, 6) is 0. The largest absolute Gasteiger partial charge is 0.371 e. The van der Waals surface area contributed by atoms with Crippen molar-refractivity contribution in [1.29, 1.82) is 0 Å². The smallest absolute Gasteiger partial charge is 0.211 e. The molecule has 0 N–H and O–H groups in total. The van der Waals surface area contributed by atoms with Gasteiger partial charge in [-0.2, -0.15) is 0 Å². The van der Waals surface area contributed by atoms with Gasteiger partial charge in [0.25, 0.3) is 0 Å². The van der Waals surface area contributed by atoms with E-state index in [1.54, 1.807) is 4.68 Å². The molecule has 3 aromatic carbocycles. The van der Waals surface area contributed by atoms with Crippen LogP contribution in [0.3, 0.4) is 0 Å². The number of hydrogen-bond donors (Lipinski definition) is 0. The summed E-state index contributed by atoms with van der Waals surface area (Å²) in [6, 6.07) is 27.7. The SMILES string of the molecule is c1ccc(C(=NOCn2nnc3ccccc32)c2ccccc2)cc1. The summed E-state index contributed by atoms with van der Waals surface area (Å²) in [6.45, 7) is 0.198. The van der Waals surface area contributed by atoms with E-state index >= 15 is 0 Å². The molecule has 0 bridgehead atoms. The van der Waals surface area contributed by atoms with E-state index in [0.717, 1.165) is 27.9 Å². The lowest BCUT2D eigenvalue weighted by Gasteiger charge is -2.07. The monoisotopic (exact) mass is 328 g/mol. The van der Waals surface area contributed by atoms with Gasteiger partial charge in [0.05, 0.1) is 5.52 Å². The molecule has 0 radical (unpaired) electrons. The molecule has 5 nitrogen and oxygen atoms in total. The fourth-order valence-electron chi connectivity index (χ4n) is 2.62. The third kappa shape index (κ3) is 3.26. The maximum atomic E-state index is 5.61. The Kier molecular flexibility index (Phi) is 4.20. The zero-order valence-corrected chi connectivity index (χ0v) is 13.5. The number of oxime groups is 1. The second kappa shape index (κ2) is 6.97. The van der Waals surface area contributed by atoms with Crippen LogP contribution in [-0.4, -0.2) is 20.7 Å². The van der Waals surface area contributed by atoms with Crippen LogP contribution in [0.2, 0.25) is 0 Å². The van der Waals surface area contributed by atoms with Crippen LogP contribution in [0.4, 0.5) is 0 Å². The van der Waals surface area contributed by atoms with Gasteiger partial charge in [0.1, 0.15) is 11.2 Å². The Morgan fingerprint density at radius 2 is 1.40 bits per heavy atom. The fraction of sp³-hybridized carbons (Fsp3) is 0.0500. The molecule has 1 aromatic heterocycles. The summed E-state index contributed by atoms with van der Waals surface area (Å²) in [5.41, 5.74) is 4.53. The van der Waals surface area contributed by atoms with Gasteiger partial charge in [-0.15, -0.1) is 5.10 Å². The zero-order valence-electron chi connectivity index (χ0n) is 13.5. The van der Waals surface area contributed by atoms with E-state index in [4.69, 9.17) is 4.84 Å². The highest BCUT2D eigenvalue weighted by Crippen LogP contribution is 2.13. The van der Waals surface area contributed by atoms with E-state index in [1.807, 2.05) is 84.9 Å². The van der Waals surface area contributed by atoms with E-state index in [1.165, 1.54) is 0 Å². The molecule has 0 saturated heterocycles. The average Bonchev–Trinajstić information content (AvgIpc) is 3.10. The summed E-state index contributed by atoms with van der Waals surface area (Å²) >= 11 is 0. The van der Waals surface area contributed by atoms with Crippen LogP contribution in [-0.2, 0) is 11.6 Å². The maximum Gasteiger partial charge on any atom is 0.211 e. The minimum Gasteiger partial charge on any atom is -0.371 e. The molecule has 1 heterocycles. The van der Waals surface area contributed by atoms with Crippen LogP contribution >= 0.6 is 0 Å². The van der Waals surface area contributed by atoms with Gasteiger partial charge in [0, 0.05) is 11.1 Å². The summed E-state index contributed by atoms with van der Waals surface area (Å²) < 4.78 is 1.69. The molecular formula is C20H16N4O. The van der Waals surface area contributed by atoms with Crippen LogP contribution in [0.1, 0.15) is 11.1 Å². The first kappa shape index (κ1) is 15.1. The molecule has 0 aliphatic rings. The normalized spacial score (nSPS) is 10.6. The highest BCUT2D eigenvalue weighted by Gasteiger charge is 2.08. The van der Waals surface area contributed by atoms with E-state index in [0.29, 0.717) is 0 Å². The second-order valence-corrected chi connectivity index (χ2v) is 5.51. The van der Waals surface area contributed by atoms with Crippen LogP contribution < -0.4 is 0 Å². The van der Waals surface area contributed by atoms with Crippen molar-refractivity contribution in [2.24, 2.45) is 5.16 Å². The number of hydrogen-bond acceptors (Lipinski definition) is 4. The first-order valence-electron chi connectivity index (χ1n) is 8.01. The Hall–Kier alpha value is -3.47. The summed E-state index contributed by atoms with van der Waals surface area (Å²) in [7, 11) is 0. The van der Waals surface area contributed by atoms with E-state index < -0.39 is 0 Å². The molecule has 0 aliphatic carbocycles. The highest BCUT2D eigenvalue weighted by molar-refractivity contribution is 6.12. The van der Waals surface area contributed by atoms with Crippen molar-refractivity contribution < 1.29 is 4.84 Å². The quantitative estimate of drug-likeness (QED) is 0.413. The number of aromatic nitrogens is 3. The van der Waals surface area contributed by atoms with Crippen LogP contribution in [0.25, 0.3) is 11.0 Å². The molecule has 0 aliphatic heterocycles. The van der Waals surface area contributed by atoms with Gasteiger partial charge < -0.3 is 4.84 Å². The van der Waals surface area contributed by atoms with Crippen LogP contribution in [0.5, 0.6) is 0 Å². The topological polar surface area (TPSA) is 52.3 Å². The van der Waals surface area contributed by atoms with E-state index in [-0.39, 0.29) is 6.73 Å². The third-order valence-electron chi connectivity index (χ3n) is 3.85. The van der Waals surface area contributed by atoms with Gasteiger partial charge in [-0.3, -0.25) is 0 Å². The molecule has 4 aromatic rings. The molecule has 0 atom stereocenters. The van der Waals surface area contributed by atoms with Crippen molar-refractivity contribution in [3.05, 3.63) is 96.1 Å². The number of rotatable bonds is 5. The number of benzene rings is 3. The number of nitrogens with zero attached hydrogens (tertiary/aromatic N) is 4. The summed E-state index contributed by atoms with van der Waals surface area (Å²) in [5, 5.41) is 12.6. The molecule has 25 heavy (non-hydrogen) atoms. The second-order valence-electron chi connectivity index (χ2n) is 5.51. The van der Waals surface area contributed by atoms with Crippen molar-refractivity contribution in [3.63, 3.8) is 0 Å². The Labute approximate surface area is 145 Å². The number of fused-ring (bicyclic) bond motifs is 1. The Bertz CT molecular complexity index is 952. The summed E-state index contributed by atoms with van der Waals surface area (Å²) in [6.07, 6.45) is 0. The first-order chi connectivity index (χ1) is 12.4. The van der Waals surface area contributed by atoms with Gasteiger partial charge in [0.2, 0.25) is 6.73 Å². The fourth-order valence-corrected chi connectivity index (χ4v) is 2.62. The van der Waals surface area contributed by atoms with E-state index in [2.05, 4.69) is 15.5 Å². The van der Waals surface area contributed by atoms with Crippen molar-refractivity contribution >= 4 is 16.7 Å². The van der Waals surface area contributed by atoms with Gasteiger partial charge in [-0.1, -0.05) is 83.2 Å². The Morgan fingerprint density at radius 1 is 0.800 bits per heavy atom. The summed E-state index contributed by atoms with van der Waals surface area (Å²) in [4.78, 5) is 5.61. The van der Waals surface area contributed by atoms with Crippen molar-refractivity contribution in [2.45, 2.75) is 6.73 Å². The van der Waals surface area contributed by atoms with Gasteiger partial charge in [0.15, 0.2) is 0 Å². The standard InChI is InChI=1S/C20H16N4O/c1-3-9-16(10-4-1)20(17-11-5-2-6-12-17)22-25-15-24-19-14-8-7-13-18(19)21-23-24/h1-14H,15H2. The molecule has 5 heteroatoms. The highest BCUT2D eigenvalue weighted by atomic mass is 16.6. The average molecular weight is 328 g/mol. The first-order valence-corrected chi connectivity index (χ1v) is 8.01. The van der Waals surface area contributed by atoms with Crippen molar-refractivity contribution in [3.8, 4) is 0 Å². The molecule has 0 unspecified atom stereocenters. The van der Waals surface area contributed by atoms with Gasteiger partial charge in [-0.25, -0.2) is 4.68 Å². The molecule has 0 fully saturated rings. The van der Waals surface area contributed by atoms with Crippen molar-refractivity contribution in [1.82, 2.24) is 15.0 Å². The predicted octanol–water partition coefficient (Wildman–Crippen LogP) is 3.86. The Balaban J connectivity index is 1.61. The lowest BCUT2D eigenvalue weighted by Crippen LogP contribution is -2.07. The minimum atomic E-state index is 0.198.